The largest absolute Gasteiger partial charge is 0.481 e. The van der Waals surface area contributed by atoms with E-state index >= 15 is 0 Å². The van der Waals surface area contributed by atoms with E-state index in [9.17, 15) is 13.6 Å². The van der Waals surface area contributed by atoms with Crippen LogP contribution in [0.15, 0.2) is 36.4 Å². The number of carboxylic acid groups (broad SMARTS) is 1. The zero-order valence-electron chi connectivity index (χ0n) is 14.2. The first-order valence-electron chi connectivity index (χ1n) is 8.55. The van der Waals surface area contributed by atoms with Crippen LogP contribution in [0, 0.1) is 23.5 Å². The molecule has 0 spiro atoms. The van der Waals surface area contributed by atoms with Gasteiger partial charge in [-0.25, -0.2) is 8.78 Å². The first-order chi connectivity index (χ1) is 12.5. The van der Waals surface area contributed by atoms with Gasteiger partial charge in [0.1, 0.15) is 11.6 Å². The molecule has 0 bridgehead atoms. The molecule has 3 rings (SSSR count). The van der Waals surface area contributed by atoms with E-state index in [1.807, 2.05) is 18.2 Å². The summed E-state index contributed by atoms with van der Waals surface area (Å²) in [6, 6.07) is 9.48. The van der Waals surface area contributed by atoms with E-state index in [1.165, 1.54) is 23.3 Å². The number of fused-ring (bicyclic) bond motifs is 1. The molecule has 2 aromatic carbocycles. The average Bonchev–Trinajstić information content (AvgIpc) is 2.59. The Hall–Kier alpha value is -2.71. The molecule has 1 aliphatic rings. The molecule has 0 saturated heterocycles. The van der Waals surface area contributed by atoms with Crippen molar-refractivity contribution in [1.29, 1.82) is 0 Å². The lowest BCUT2D eigenvalue weighted by Crippen LogP contribution is -2.35. The monoisotopic (exact) mass is 355 g/mol. The number of aryl methyl sites for hydroxylation is 1. The van der Waals surface area contributed by atoms with Gasteiger partial charge in [-0.05, 0) is 54.7 Å². The first kappa shape index (κ1) is 18.1. The second kappa shape index (κ2) is 8.11. The molecule has 134 valence electrons. The summed E-state index contributed by atoms with van der Waals surface area (Å²) >= 11 is 0. The molecular weight excluding hydrogens is 336 g/mol. The fourth-order valence-electron chi connectivity index (χ4n) is 3.16. The van der Waals surface area contributed by atoms with Crippen molar-refractivity contribution in [3.05, 3.63) is 70.3 Å². The van der Waals surface area contributed by atoms with Crippen molar-refractivity contribution < 1.29 is 18.7 Å². The van der Waals surface area contributed by atoms with Crippen molar-refractivity contribution in [2.45, 2.75) is 31.7 Å². The second-order valence-electron chi connectivity index (χ2n) is 6.43. The maximum absolute atomic E-state index is 13.2. The maximum atomic E-state index is 13.2. The van der Waals surface area contributed by atoms with Gasteiger partial charge in [0, 0.05) is 29.8 Å². The molecule has 0 aromatic heterocycles. The van der Waals surface area contributed by atoms with Gasteiger partial charge in [-0.3, -0.25) is 4.79 Å². The van der Waals surface area contributed by atoms with E-state index < -0.39 is 17.6 Å². The van der Waals surface area contributed by atoms with E-state index in [0.29, 0.717) is 12.1 Å². The normalized spacial score (nSPS) is 15.7. The van der Waals surface area contributed by atoms with Gasteiger partial charge in [-0.1, -0.05) is 17.9 Å². The molecule has 1 atom stereocenters. The van der Waals surface area contributed by atoms with Gasteiger partial charge in [-0.2, -0.15) is 0 Å². The molecule has 0 saturated carbocycles. The minimum absolute atomic E-state index is 0.124. The van der Waals surface area contributed by atoms with Gasteiger partial charge in [0.15, 0.2) is 0 Å². The number of carbonyl (C=O) groups is 1. The van der Waals surface area contributed by atoms with Crippen LogP contribution in [0.25, 0.3) is 0 Å². The predicted molar refractivity (Wildman–Crippen MR) is 94.8 cm³/mol. The highest BCUT2D eigenvalue weighted by Gasteiger charge is 2.18. The maximum Gasteiger partial charge on any atom is 0.304 e. The molecule has 2 N–H and O–H groups in total. The summed E-state index contributed by atoms with van der Waals surface area (Å²) in [6.45, 7) is 0.475. The lowest BCUT2D eigenvalue weighted by atomic mass is 9.87. The van der Waals surface area contributed by atoms with Gasteiger partial charge < -0.3 is 10.4 Å². The number of rotatable bonds is 4. The van der Waals surface area contributed by atoms with Crippen LogP contribution in [-0.2, 0) is 17.6 Å². The Labute approximate surface area is 151 Å². The summed E-state index contributed by atoms with van der Waals surface area (Å²) in [4.78, 5) is 10.6. The Morgan fingerprint density at radius 2 is 1.81 bits per heavy atom. The Morgan fingerprint density at radius 1 is 1.08 bits per heavy atom. The average molecular weight is 355 g/mol. The van der Waals surface area contributed by atoms with Crippen LogP contribution in [0.1, 0.15) is 35.1 Å². The smallest absolute Gasteiger partial charge is 0.304 e. The lowest BCUT2D eigenvalue weighted by Gasteiger charge is -2.25. The minimum atomic E-state index is -0.796. The van der Waals surface area contributed by atoms with Crippen molar-refractivity contribution in [3.8, 4) is 11.8 Å². The number of hydrogen-bond acceptors (Lipinski definition) is 2. The Morgan fingerprint density at radius 3 is 2.54 bits per heavy atom. The quantitative estimate of drug-likeness (QED) is 0.828. The minimum Gasteiger partial charge on any atom is -0.481 e. The highest BCUT2D eigenvalue weighted by atomic mass is 19.1. The fourth-order valence-corrected chi connectivity index (χ4v) is 3.16. The van der Waals surface area contributed by atoms with Crippen molar-refractivity contribution in [3.63, 3.8) is 0 Å². The zero-order valence-corrected chi connectivity index (χ0v) is 14.2. The molecule has 1 aliphatic carbocycles. The van der Waals surface area contributed by atoms with Crippen LogP contribution in [0.3, 0.4) is 0 Å². The highest BCUT2D eigenvalue weighted by Crippen LogP contribution is 2.22. The Balaban J connectivity index is 1.67. The molecule has 0 amide bonds. The van der Waals surface area contributed by atoms with Crippen LogP contribution in [0.5, 0.6) is 0 Å². The number of halogens is 2. The summed E-state index contributed by atoms with van der Waals surface area (Å²) in [7, 11) is 0. The van der Waals surface area contributed by atoms with E-state index in [-0.39, 0.29) is 12.5 Å². The molecule has 3 nitrogen and oxygen atoms in total. The Bertz CT molecular complexity index is 863. The Kier molecular flexibility index (Phi) is 5.65. The number of hydrogen-bond donors (Lipinski definition) is 2. The van der Waals surface area contributed by atoms with Gasteiger partial charge in [0.25, 0.3) is 0 Å². The summed E-state index contributed by atoms with van der Waals surface area (Å²) in [5.74, 6) is 3.69. The van der Waals surface area contributed by atoms with E-state index in [0.717, 1.165) is 30.9 Å². The number of nitrogens with one attached hydrogen (secondary N) is 1. The van der Waals surface area contributed by atoms with Crippen LogP contribution < -0.4 is 5.32 Å². The first-order valence-corrected chi connectivity index (χ1v) is 8.55. The molecule has 1 unspecified atom stereocenters. The molecular formula is C21H19F2NO2. The SMILES string of the molecule is O=C(O)CCNC1CCc2cc(C#Cc3cc(F)cc(F)c3)ccc2C1. The summed E-state index contributed by atoms with van der Waals surface area (Å²) in [5, 5.41) is 12.0. The number of benzene rings is 2. The molecule has 0 aliphatic heterocycles. The molecule has 5 heteroatoms. The van der Waals surface area contributed by atoms with Crippen LogP contribution in [-0.4, -0.2) is 23.7 Å². The van der Waals surface area contributed by atoms with Gasteiger partial charge in [0.2, 0.25) is 0 Å². The third kappa shape index (κ3) is 4.90. The van der Waals surface area contributed by atoms with Crippen molar-refractivity contribution in [2.75, 3.05) is 6.54 Å². The highest BCUT2D eigenvalue weighted by molar-refractivity contribution is 5.66. The molecule has 0 heterocycles. The van der Waals surface area contributed by atoms with Gasteiger partial charge in [0.05, 0.1) is 6.42 Å². The topological polar surface area (TPSA) is 49.3 Å². The number of aliphatic carboxylic acids is 1. The van der Waals surface area contributed by atoms with Gasteiger partial charge in [-0.15, -0.1) is 0 Å². The van der Waals surface area contributed by atoms with Crippen LogP contribution in [0.4, 0.5) is 8.78 Å². The lowest BCUT2D eigenvalue weighted by molar-refractivity contribution is -0.136. The third-order valence-electron chi connectivity index (χ3n) is 4.42. The molecule has 0 fully saturated rings. The van der Waals surface area contributed by atoms with Crippen molar-refractivity contribution in [2.24, 2.45) is 0 Å². The van der Waals surface area contributed by atoms with E-state index in [1.54, 1.807) is 0 Å². The van der Waals surface area contributed by atoms with E-state index in [4.69, 9.17) is 5.11 Å². The molecule has 2 aromatic rings. The second-order valence-corrected chi connectivity index (χ2v) is 6.43. The third-order valence-corrected chi connectivity index (χ3v) is 4.42. The summed E-state index contributed by atoms with van der Waals surface area (Å²) in [6.07, 6.45) is 2.82. The predicted octanol–water partition coefficient (Wildman–Crippen LogP) is 3.29. The standard InChI is InChI=1S/C21H19F2NO2/c22-18-10-15(11-19(23)13-18)2-1-14-3-4-17-12-20(6-5-16(17)9-14)24-8-7-21(25)26/h3-4,9-11,13,20,24H,5-8,12H2,(H,25,26). The van der Waals surface area contributed by atoms with Crippen LogP contribution in [0.2, 0.25) is 0 Å². The molecule has 26 heavy (non-hydrogen) atoms. The summed E-state index contributed by atoms with van der Waals surface area (Å²) in [5.41, 5.74) is 3.57. The fraction of sp³-hybridized carbons (Fsp3) is 0.286. The van der Waals surface area contributed by atoms with E-state index in [2.05, 4.69) is 17.2 Å². The van der Waals surface area contributed by atoms with Crippen molar-refractivity contribution >= 4 is 5.97 Å². The van der Waals surface area contributed by atoms with Gasteiger partial charge >= 0.3 is 5.97 Å². The molecule has 0 radical (unpaired) electrons. The van der Waals surface area contributed by atoms with Crippen molar-refractivity contribution in [1.82, 2.24) is 5.32 Å². The summed E-state index contributed by atoms with van der Waals surface area (Å²) < 4.78 is 26.4. The number of carboxylic acids is 1. The van der Waals surface area contributed by atoms with Crippen LogP contribution >= 0.6 is 0 Å². The zero-order chi connectivity index (χ0) is 18.5.